The summed E-state index contributed by atoms with van der Waals surface area (Å²) < 4.78 is 11.9. The minimum atomic E-state index is -0.527. The van der Waals surface area contributed by atoms with Gasteiger partial charge in [-0.2, -0.15) is 5.10 Å². The average Bonchev–Trinajstić information content (AvgIpc) is 2.52. The van der Waals surface area contributed by atoms with Crippen molar-refractivity contribution >= 4 is 17.6 Å². The smallest absolute Gasteiger partial charge is 0.308 e. The Morgan fingerprint density at radius 3 is 2.54 bits per heavy atom. The first kappa shape index (κ1) is 18.0. The van der Waals surface area contributed by atoms with E-state index in [2.05, 4.69) is 5.10 Å². The van der Waals surface area contributed by atoms with Crippen molar-refractivity contribution in [1.82, 2.24) is 9.78 Å². The van der Waals surface area contributed by atoms with E-state index in [9.17, 15) is 9.59 Å². The van der Waals surface area contributed by atoms with Crippen LogP contribution in [0.5, 0.6) is 11.5 Å². The molecule has 128 valence electrons. The van der Waals surface area contributed by atoms with Gasteiger partial charge in [-0.3, -0.25) is 9.59 Å². The maximum Gasteiger partial charge on any atom is 0.308 e. The summed E-state index contributed by atoms with van der Waals surface area (Å²) in [6, 6.07) is 3.40. The SMILES string of the molecule is CCc1cc(Cl)cc(OC)c1-c1c(OC(C)=O)c(C)nn(C)c1=O. The number of carbonyl (C=O) groups is 1. The second-order valence-corrected chi connectivity index (χ2v) is 5.74. The molecule has 0 unspecified atom stereocenters. The van der Waals surface area contributed by atoms with Gasteiger partial charge < -0.3 is 9.47 Å². The normalized spacial score (nSPS) is 10.6. The van der Waals surface area contributed by atoms with Gasteiger partial charge in [-0.25, -0.2) is 4.68 Å². The molecule has 0 amide bonds. The summed E-state index contributed by atoms with van der Waals surface area (Å²) in [5, 5.41) is 4.60. The van der Waals surface area contributed by atoms with E-state index in [0.29, 0.717) is 28.5 Å². The predicted octanol–water partition coefficient (Wildman–Crippen LogP) is 2.91. The molecule has 0 aliphatic carbocycles. The lowest BCUT2D eigenvalue weighted by Gasteiger charge is -2.18. The van der Waals surface area contributed by atoms with Crippen molar-refractivity contribution in [3.8, 4) is 22.6 Å². The molecule has 0 N–H and O–H groups in total. The third kappa shape index (κ3) is 3.28. The number of esters is 1. The topological polar surface area (TPSA) is 70.4 Å². The number of aromatic nitrogens is 2. The minimum absolute atomic E-state index is 0.140. The predicted molar refractivity (Wildman–Crippen MR) is 91.9 cm³/mol. The summed E-state index contributed by atoms with van der Waals surface area (Å²) in [4.78, 5) is 24.3. The highest BCUT2D eigenvalue weighted by atomic mass is 35.5. The Balaban J connectivity index is 2.96. The van der Waals surface area contributed by atoms with Crippen LogP contribution in [0.4, 0.5) is 0 Å². The number of benzene rings is 1. The number of methoxy groups -OCH3 is 1. The van der Waals surface area contributed by atoms with E-state index in [1.165, 1.54) is 18.7 Å². The van der Waals surface area contributed by atoms with Crippen molar-refractivity contribution in [2.75, 3.05) is 7.11 Å². The average molecular weight is 351 g/mol. The molecule has 7 heteroatoms. The highest BCUT2D eigenvalue weighted by Crippen LogP contribution is 2.40. The van der Waals surface area contributed by atoms with E-state index in [-0.39, 0.29) is 16.9 Å². The summed E-state index contributed by atoms with van der Waals surface area (Å²) in [5.41, 5.74) is 1.67. The number of nitrogens with zero attached hydrogens (tertiary/aromatic N) is 2. The highest BCUT2D eigenvalue weighted by Gasteiger charge is 2.24. The number of carbonyl (C=O) groups excluding carboxylic acids is 1. The number of halogens is 1. The molecule has 2 aromatic rings. The van der Waals surface area contributed by atoms with Crippen LogP contribution in [0, 0.1) is 6.92 Å². The molecule has 0 bridgehead atoms. The number of ether oxygens (including phenoxy) is 2. The summed E-state index contributed by atoms with van der Waals surface area (Å²) in [6.07, 6.45) is 0.621. The minimum Gasteiger partial charge on any atom is -0.496 e. The van der Waals surface area contributed by atoms with Crippen LogP contribution in [0.25, 0.3) is 11.1 Å². The van der Waals surface area contributed by atoms with Gasteiger partial charge in [0.1, 0.15) is 11.4 Å². The zero-order valence-electron chi connectivity index (χ0n) is 14.3. The summed E-state index contributed by atoms with van der Waals surface area (Å²) in [5.74, 6) is 0.0526. The van der Waals surface area contributed by atoms with Crippen molar-refractivity contribution in [3.05, 3.63) is 38.8 Å². The molecular formula is C17H19ClN2O4. The van der Waals surface area contributed by atoms with Gasteiger partial charge in [-0.1, -0.05) is 18.5 Å². The summed E-state index contributed by atoms with van der Waals surface area (Å²) in [7, 11) is 3.04. The van der Waals surface area contributed by atoms with Crippen LogP contribution in [-0.4, -0.2) is 22.9 Å². The Morgan fingerprint density at radius 1 is 1.33 bits per heavy atom. The first-order valence-corrected chi connectivity index (χ1v) is 7.81. The maximum absolute atomic E-state index is 12.8. The van der Waals surface area contributed by atoms with Crippen molar-refractivity contribution in [1.29, 1.82) is 0 Å². The van der Waals surface area contributed by atoms with Crippen molar-refractivity contribution in [3.63, 3.8) is 0 Å². The molecule has 0 spiro atoms. The van der Waals surface area contributed by atoms with Gasteiger partial charge >= 0.3 is 5.97 Å². The Bertz CT molecular complexity index is 833. The second-order valence-electron chi connectivity index (χ2n) is 5.31. The number of hydrogen-bond acceptors (Lipinski definition) is 5. The van der Waals surface area contributed by atoms with Crippen LogP contribution in [0.2, 0.25) is 5.02 Å². The molecule has 0 fully saturated rings. The van der Waals surface area contributed by atoms with Crippen LogP contribution in [0.15, 0.2) is 16.9 Å². The lowest BCUT2D eigenvalue weighted by molar-refractivity contribution is -0.131. The molecule has 2 rings (SSSR count). The van der Waals surface area contributed by atoms with Crippen LogP contribution < -0.4 is 15.0 Å². The summed E-state index contributed by atoms with van der Waals surface area (Å²) in [6.45, 7) is 4.90. The Morgan fingerprint density at radius 2 is 2.00 bits per heavy atom. The zero-order chi connectivity index (χ0) is 18.0. The van der Waals surface area contributed by atoms with E-state index in [1.807, 2.05) is 6.92 Å². The van der Waals surface area contributed by atoms with Gasteiger partial charge in [0.2, 0.25) is 0 Å². The Labute approximate surface area is 145 Å². The first-order chi connectivity index (χ1) is 11.3. The first-order valence-electron chi connectivity index (χ1n) is 7.43. The van der Waals surface area contributed by atoms with Crippen molar-refractivity contribution in [2.45, 2.75) is 27.2 Å². The van der Waals surface area contributed by atoms with Crippen molar-refractivity contribution in [2.24, 2.45) is 7.05 Å². The molecule has 0 radical (unpaired) electrons. The number of rotatable bonds is 4. The molecule has 1 heterocycles. The lowest BCUT2D eigenvalue weighted by Crippen LogP contribution is -2.25. The molecule has 0 aliphatic heterocycles. The van der Waals surface area contributed by atoms with Crippen molar-refractivity contribution < 1.29 is 14.3 Å². The molecule has 0 aliphatic rings. The third-order valence-electron chi connectivity index (χ3n) is 3.61. The fourth-order valence-corrected chi connectivity index (χ4v) is 2.84. The lowest BCUT2D eigenvalue weighted by atomic mass is 9.96. The summed E-state index contributed by atoms with van der Waals surface area (Å²) >= 11 is 6.13. The van der Waals surface area contributed by atoms with Gasteiger partial charge in [0.05, 0.1) is 12.7 Å². The van der Waals surface area contributed by atoms with Gasteiger partial charge in [0.25, 0.3) is 5.56 Å². The quantitative estimate of drug-likeness (QED) is 0.793. The van der Waals surface area contributed by atoms with Gasteiger partial charge in [0.15, 0.2) is 5.75 Å². The molecule has 1 aromatic heterocycles. The van der Waals surface area contributed by atoms with E-state index in [0.717, 1.165) is 5.56 Å². The van der Waals surface area contributed by atoms with Gasteiger partial charge in [0, 0.05) is 24.6 Å². The Kier molecular flexibility index (Phi) is 5.29. The van der Waals surface area contributed by atoms with E-state index < -0.39 is 5.97 Å². The molecule has 0 saturated heterocycles. The largest absolute Gasteiger partial charge is 0.496 e. The molecule has 1 aromatic carbocycles. The molecule has 0 atom stereocenters. The maximum atomic E-state index is 12.8. The molecule has 24 heavy (non-hydrogen) atoms. The fraction of sp³-hybridized carbons (Fsp3) is 0.353. The number of aryl methyl sites for hydroxylation is 3. The van der Waals surface area contributed by atoms with E-state index >= 15 is 0 Å². The van der Waals surface area contributed by atoms with Crippen LogP contribution in [-0.2, 0) is 18.3 Å². The second kappa shape index (κ2) is 7.05. The monoisotopic (exact) mass is 350 g/mol. The molecule has 6 nitrogen and oxygen atoms in total. The van der Waals surface area contributed by atoms with E-state index in [4.69, 9.17) is 21.1 Å². The number of hydrogen-bond donors (Lipinski definition) is 0. The van der Waals surface area contributed by atoms with Crippen LogP contribution in [0.1, 0.15) is 25.1 Å². The standard InChI is InChI=1S/C17H19ClN2O4/c1-6-11-7-12(18)8-13(23-5)14(11)15-16(24-10(3)21)9(2)19-20(4)17(15)22/h7-8H,6H2,1-5H3. The van der Waals surface area contributed by atoms with Gasteiger partial charge in [-0.05, 0) is 31.0 Å². The molecular weight excluding hydrogens is 332 g/mol. The fourth-order valence-electron chi connectivity index (χ4n) is 2.60. The molecule has 0 saturated carbocycles. The zero-order valence-corrected chi connectivity index (χ0v) is 15.0. The third-order valence-corrected chi connectivity index (χ3v) is 3.83. The Hall–Kier alpha value is -2.34. The van der Waals surface area contributed by atoms with Crippen LogP contribution in [0.3, 0.4) is 0 Å². The highest BCUT2D eigenvalue weighted by molar-refractivity contribution is 6.31. The van der Waals surface area contributed by atoms with E-state index in [1.54, 1.807) is 26.1 Å². The van der Waals surface area contributed by atoms with Gasteiger partial charge in [-0.15, -0.1) is 0 Å². The van der Waals surface area contributed by atoms with Crippen LogP contribution >= 0.6 is 11.6 Å².